The zero-order valence-electron chi connectivity index (χ0n) is 15.5. The molecule has 3 rings (SSSR count). The van der Waals surface area contributed by atoms with Crippen molar-refractivity contribution >= 4 is 21.7 Å². The van der Waals surface area contributed by atoms with Crippen LogP contribution in [0.15, 0.2) is 41.3 Å². The summed E-state index contributed by atoms with van der Waals surface area (Å²) < 4.78 is 33.9. The molecule has 0 aliphatic heterocycles. The molecule has 2 aromatic rings. The van der Waals surface area contributed by atoms with Gasteiger partial charge in [-0.15, -0.1) is 0 Å². The van der Waals surface area contributed by atoms with Gasteiger partial charge in [-0.2, -0.15) is 0 Å². The van der Waals surface area contributed by atoms with Crippen LogP contribution in [0.2, 0.25) is 0 Å². The van der Waals surface area contributed by atoms with Crippen LogP contribution in [-0.2, 0) is 21.2 Å². The van der Waals surface area contributed by atoms with Crippen molar-refractivity contribution in [3.63, 3.8) is 0 Å². The van der Waals surface area contributed by atoms with Crippen LogP contribution >= 0.6 is 0 Å². The third-order valence-corrected chi connectivity index (χ3v) is 6.38. The topological polar surface area (TPSA) is 98.5 Å². The van der Waals surface area contributed by atoms with E-state index in [1.54, 1.807) is 32.0 Å². The van der Waals surface area contributed by atoms with Gasteiger partial charge in [0.2, 0.25) is 10.0 Å². The molecule has 1 atom stereocenters. The van der Waals surface area contributed by atoms with Crippen molar-refractivity contribution in [2.24, 2.45) is 0 Å². The summed E-state index contributed by atoms with van der Waals surface area (Å²) in [5.74, 6) is -0.535. The maximum Gasteiger partial charge on any atom is 0.338 e. The van der Waals surface area contributed by atoms with Crippen LogP contribution in [-0.4, -0.2) is 21.0 Å². The van der Waals surface area contributed by atoms with Gasteiger partial charge < -0.3 is 10.5 Å². The van der Waals surface area contributed by atoms with Crippen LogP contribution in [0.3, 0.4) is 0 Å². The van der Waals surface area contributed by atoms with Crippen LogP contribution in [0.25, 0.3) is 0 Å². The first kappa shape index (κ1) is 19.4. The van der Waals surface area contributed by atoms with Gasteiger partial charge in [0.1, 0.15) is 0 Å². The molecule has 0 fully saturated rings. The number of rotatable bonds is 5. The molecule has 7 heteroatoms. The molecule has 27 heavy (non-hydrogen) atoms. The van der Waals surface area contributed by atoms with Gasteiger partial charge in [0.25, 0.3) is 0 Å². The maximum atomic E-state index is 13.0. The SMILES string of the molecule is CCOC(=O)c1ccc(C)c(S(=O)(=O)NC2CCCc3cc(N)ccc32)c1. The van der Waals surface area contributed by atoms with E-state index in [2.05, 4.69) is 4.72 Å². The molecule has 1 aliphatic carbocycles. The van der Waals surface area contributed by atoms with Gasteiger partial charge in [-0.25, -0.2) is 17.9 Å². The van der Waals surface area contributed by atoms with E-state index < -0.39 is 16.0 Å². The average molecular weight is 388 g/mol. The first-order valence-electron chi connectivity index (χ1n) is 9.00. The highest BCUT2D eigenvalue weighted by atomic mass is 32.2. The minimum absolute atomic E-state index is 0.0932. The number of esters is 1. The number of aryl methyl sites for hydroxylation is 2. The lowest BCUT2D eigenvalue weighted by molar-refractivity contribution is 0.0526. The van der Waals surface area contributed by atoms with Crippen molar-refractivity contribution in [2.45, 2.75) is 44.0 Å². The molecule has 2 aromatic carbocycles. The highest BCUT2D eigenvalue weighted by molar-refractivity contribution is 7.89. The summed E-state index contributed by atoms with van der Waals surface area (Å²) in [6.07, 6.45) is 2.48. The lowest BCUT2D eigenvalue weighted by Gasteiger charge is -2.27. The van der Waals surface area contributed by atoms with Crippen LogP contribution in [0.1, 0.15) is 52.9 Å². The normalized spacial score (nSPS) is 16.6. The second kappa shape index (κ2) is 7.70. The Balaban J connectivity index is 1.92. The van der Waals surface area contributed by atoms with Crippen molar-refractivity contribution < 1.29 is 17.9 Å². The number of anilines is 1. The van der Waals surface area contributed by atoms with E-state index >= 15 is 0 Å². The van der Waals surface area contributed by atoms with E-state index in [1.807, 2.05) is 12.1 Å². The van der Waals surface area contributed by atoms with Gasteiger partial charge in [0, 0.05) is 11.7 Å². The molecule has 0 saturated heterocycles. The number of nitrogens with one attached hydrogen (secondary N) is 1. The number of ether oxygens (including phenoxy) is 1. The molecule has 3 N–H and O–H groups in total. The summed E-state index contributed by atoms with van der Waals surface area (Å²) in [5, 5.41) is 0. The van der Waals surface area contributed by atoms with Crippen molar-refractivity contribution in [1.29, 1.82) is 0 Å². The summed E-state index contributed by atoms with van der Waals surface area (Å²) in [6.45, 7) is 3.65. The maximum absolute atomic E-state index is 13.0. The first-order chi connectivity index (χ1) is 12.8. The molecule has 1 aliphatic rings. The van der Waals surface area contributed by atoms with Crippen molar-refractivity contribution in [3.05, 3.63) is 58.7 Å². The molecular formula is C20H24N2O4S. The summed E-state index contributed by atoms with van der Waals surface area (Å²) in [5.41, 5.74) is 9.36. The summed E-state index contributed by atoms with van der Waals surface area (Å²) in [4.78, 5) is 12.1. The zero-order chi connectivity index (χ0) is 19.6. The number of benzene rings is 2. The Kier molecular flexibility index (Phi) is 5.53. The fourth-order valence-corrected chi connectivity index (χ4v) is 4.96. The summed E-state index contributed by atoms with van der Waals surface area (Å²) in [7, 11) is -3.80. The van der Waals surface area contributed by atoms with Gasteiger partial charge in [-0.05, 0) is 74.1 Å². The molecule has 0 aromatic heterocycles. The number of fused-ring (bicyclic) bond motifs is 1. The molecule has 0 radical (unpaired) electrons. The number of hydrogen-bond donors (Lipinski definition) is 2. The fraction of sp³-hybridized carbons (Fsp3) is 0.350. The second-order valence-corrected chi connectivity index (χ2v) is 8.41. The van der Waals surface area contributed by atoms with Crippen LogP contribution < -0.4 is 10.5 Å². The van der Waals surface area contributed by atoms with Gasteiger partial charge in [-0.3, -0.25) is 0 Å². The quantitative estimate of drug-likeness (QED) is 0.606. The van der Waals surface area contributed by atoms with Crippen molar-refractivity contribution in [3.8, 4) is 0 Å². The highest BCUT2D eigenvalue weighted by Gasteiger charge is 2.27. The van der Waals surface area contributed by atoms with E-state index in [9.17, 15) is 13.2 Å². The molecule has 6 nitrogen and oxygen atoms in total. The molecule has 0 saturated carbocycles. The predicted octanol–water partition coefficient (Wildman–Crippen LogP) is 3.11. The Morgan fingerprint density at radius 2 is 2.04 bits per heavy atom. The number of nitrogens with two attached hydrogens (primary N) is 1. The Bertz CT molecular complexity index is 970. The van der Waals surface area contributed by atoms with E-state index in [0.29, 0.717) is 17.7 Å². The predicted molar refractivity (Wildman–Crippen MR) is 104 cm³/mol. The lowest BCUT2D eigenvalue weighted by atomic mass is 9.88. The van der Waals surface area contributed by atoms with E-state index in [1.165, 1.54) is 6.07 Å². The number of carbonyl (C=O) groups is 1. The monoisotopic (exact) mass is 388 g/mol. The Labute approximate surface area is 159 Å². The molecule has 0 amide bonds. The van der Waals surface area contributed by atoms with Crippen LogP contribution in [0, 0.1) is 6.92 Å². The lowest BCUT2D eigenvalue weighted by Crippen LogP contribution is -2.31. The first-order valence-corrected chi connectivity index (χ1v) is 10.5. The highest BCUT2D eigenvalue weighted by Crippen LogP contribution is 2.32. The van der Waals surface area contributed by atoms with E-state index in [4.69, 9.17) is 10.5 Å². The smallest absolute Gasteiger partial charge is 0.338 e. The molecule has 1 unspecified atom stereocenters. The summed E-state index contributed by atoms with van der Waals surface area (Å²) in [6, 6.07) is 9.84. The number of nitrogen functional groups attached to an aromatic ring is 1. The molecule has 0 heterocycles. The van der Waals surface area contributed by atoms with E-state index in [-0.39, 0.29) is 23.1 Å². The Morgan fingerprint density at radius 3 is 2.78 bits per heavy atom. The van der Waals surface area contributed by atoms with Crippen molar-refractivity contribution in [1.82, 2.24) is 4.72 Å². The van der Waals surface area contributed by atoms with Crippen LogP contribution in [0.4, 0.5) is 5.69 Å². The molecule has 0 bridgehead atoms. The van der Waals surface area contributed by atoms with Gasteiger partial charge in [-0.1, -0.05) is 12.1 Å². The van der Waals surface area contributed by atoms with E-state index in [0.717, 1.165) is 24.0 Å². The van der Waals surface area contributed by atoms with Crippen LogP contribution in [0.5, 0.6) is 0 Å². The minimum atomic E-state index is -3.80. The minimum Gasteiger partial charge on any atom is -0.462 e. The average Bonchev–Trinajstić information content (AvgIpc) is 2.61. The zero-order valence-corrected chi connectivity index (χ0v) is 16.3. The fourth-order valence-electron chi connectivity index (χ4n) is 3.44. The number of carbonyl (C=O) groups excluding carboxylic acids is 1. The Hall–Kier alpha value is -2.38. The van der Waals surface area contributed by atoms with Gasteiger partial charge in [0.05, 0.1) is 17.1 Å². The summed E-state index contributed by atoms with van der Waals surface area (Å²) >= 11 is 0. The number of sulfonamides is 1. The Morgan fingerprint density at radius 1 is 1.26 bits per heavy atom. The number of hydrogen-bond acceptors (Lipinski definition) is 5. The third kappa shape index (κ3) is 4.14. The standard InChI is InChI=1S/C20H24N2O4S/c1-3-26-20(23)15-8-7-13(2)19(12-15)27(24,25)22-18-6-4-5-14-11-16(21)9-10-17(14)18/h7-12,18,22H,3-6,21H2,1-2H3. The molecule has 144 valence electrons. The second-order valence-electron chi connectivity index (χ2n) is 6.73. The largest absolute Gasteiger partial charge is 0.462 e. The van der Waals surface area contributed by atoms with Crippen molar-refractivity contribution in [2.75, 3.05) is 12.3 Å². The molecular weight excluding hydrogens is 364 g/mol. The van der Waals surface area contributed by atoms with Gasteiger partial charge in [0.15, 0.2) is 0 Å². The van der Waals surface area contributed by atoms with Gasteiger partial charge >= 0.3 is 5.97 Å². The molecule has 0 spiro atoms. The third-order valence-electron chi connectivity index (χ3n) is 4.77.